The van der Waals surface area contributed by atoms with E-state index in [1.807, 2.05) is 0 Å². The van der Waals surface area contributed by atoms with E-state index >= 15 is 0 Å². The van der Waals surface area contributed by atoms with Gasteiger partial charge in [-0.05, 0) is 37.5 Å². The third-order valence-corrected chi connectivity index (χ3v) is 19.6. The molecular formula is C76H148O17P2. The van der Waals surface area contributed by atoms with Gasteiger partial charge in [-0.25, -0.2) is 9.13 Å². The van der Waals surface area contributed by atoms with E-state index in [0.717, 1.165) is 102 Å². The van der Waals surface area contributed by atoms with Crippen LogP contribution in [0.2, 0.25) is 0 Å². The molecule has 0 aliphatic heterocycles. The largest absolute Gasteiger partial charge is 0.472 e. The minimum atomic E-state index is -4.96. The Kier molecular flexibility index (Phi) is 66.5. The number of ether oxygens (including phenoxy) is 4. The molecule has 3 N–H and O–H groups in total. The van der Waals surface area contributed by atoms with Gasteiger partial charge >= 0.3 is 39.5 Å². The van der Waals surface area contributed by atoms with Crippen molar-refractivity contribution in [3.8, 4) is 0 Å². The second-order valence-corrected chi connectivity index (χ2v) is 31.3. The second kappa shape index (κ2) is 67.9. The number of rotatable bonds is 75. The number of hydrogen-bond donors (Lipinski definition) is 3. The van der Waals surface area contributed by atoms with Gasteiger partial charge in [-0.15, -0.1) is 0 Å². The maximum absolute atomic E-state index is 13.1. The van der Waals surface area contributed by atoms with Crippen molar-refractivity contribution in [2.24, 2.45) is 11.8 Å². The molecule has 0 aliphatic rings. The highest BCUT2D eigenvalue weighted by Crippen LogP contribution is 2.45. The zero-order chi connectivity index (χ0) is 70.0. The number of carbonyl (C=O) groups is 4. The molecule has 17 nitrogen and oxygen atoms in total. The average Bonchev–Trinajstić information content (AvgIpc) is 1.87. The predicted octanol–water partition coefficient (Wildman–Crippen LogP) is 22.3. The zero-order valence-electron chi connectivity index (χ0n) is 62.0. The lowest BCUT2D eigenvalue weighted by Crippen LogP contribution is -2.30. The highest BCUT2D eigenvalue weighted by molar-refractivity contribution is 7.47. The maximum Gasteiger partial charge on any atom is 0.472 e. The molecule has 5 atom stereocenters. The predicted molar refractivity (Wildman–Crippen MR) is 386 cm³/mol. The fourth-order valence-corrected chi connectivity index (χ4v) is 13.2. The van der Waals surface area contributed by atoms with Crippen molar-refractivity contribution in [3.63, 3.8) is 0 Å². The van der Waals surface area contributed by atoms with Gasteiger partial charge in [-0.1, -0.05) is 343 Å². The van der Waals surface area contributed by atoms with Gasteiger partial charge in [-0.3, -0.25) is 37.3 Å². The molecular weight excluding hydrogens is 1250 g/mol. The van der Waals surface area contributed by atoms with Crippen LogP contribution in [0.15, 0.2) is 0 Å². The fourth-order valence-electron chi connectivity index (χ4n) is 11.7. The number of hydrogen-bond acceptors (Lipinski definition) is 15. The molecule has 0 rings (SSSR count). The Balaban J connectivity index is 5.22. The first-order chi connectivity index (χ1) is 45.9. The fraction of sp³-hybridized carbons (Fsp3) is 0.947. The van der Waals surface area contributed by atoms with Gasteiger partial charge < -0.3 is 33.8 Å². The normalized spacial score (nSPS) is 14.0. The monoisotopic (exact) mass is 1400 g/mol. The highest BCUT2D eigenvalue weighted by atomic mass is 31.2. The number of aliphatic hydroxyl groups is 1. The molecule has 0 amide bonds. The van der Waals surface area contributed by atoms with Gasteiger partial charge in [0.05, 0.1) is 26.4 Å². The van der Waals surface area contributed by atoms with E-state index in [2.05, 4.69) is 41.5 Å². The summed E-state index contributed by atoms with van der Waals surface area (Å²) >= 11 is 0. The summed E-state index contributed by atoms with van der Waals surface area (Å²) in [6.45, 7) is 9.58. The number of phosphoric ester groups is 2. The number of phosphoric acid groups is 2. The van der Waals surface area contributed by atoms with Crippen molar-refractivity contribution in [2.75, 3.05) is 39.6 Å². The molecule has 564 valence electrons. The van der Waals surface area contributed by atoms with E-state index in [1.165, 1.54) is 212 Å². The third-order valence-electron chi connectivity index (χ3n) is 17.7. The highest BCUT2D eigenvalue weighted by Gasteiger charge is 2.30. The summed E-state index contributed by atoms with van der Waals surface area (Å²) in [5.74, 6) is -0.585. The topological polar surface area (TPSA) is 237 Å². The Morgan fingerprint density at radius 2 is 0.484 bits per heavy atom. The van der Waals surface area contributed by atoms with E-state index in [-0.39, 0.29) is 25.7 Å². The van der Waals surface area contributed by atoms with Gasteiger partial charge in [0.25, 0.3) is 0 Å². The molecule has 95 heavy (non-hydrogen) atoms. The van der Waals surface area contributed by atoms with Crippen LogP contribution in [0.25, 0.3) is 0 Å². The van der Waals surface area contributed by atoms with Crippen molar-refractivity contribution in [3.05, 3.63) is 0 Å². The Morgan fingerprint density at radius 3 is 0.716 bits per heavy atom. The third kappa shape index (κ3) is 70.3. The Labute approximate surface area is 581 Å². The molecule has 0 saturated heterocycles. The summed E-state index contributed by atoms with van der Waals surface area (Å²) in [7, 11) is -9.91. The van der Waals surface area contributed by atoms with Crippen molar-refractivity contribution in [1.29, 1.82) is 0 Å². The Hall–Kier alpha value is -1.94. The molecule has 0 aromatic rings. The number of carbonyl (C=O) groups excluding carboxylic acids is 4. The van der Waals surface area contributed by atoms with Gasteiger partial charge in [-0.2, -0.15) is 0 Å². The van der Waals surface area contributed by atoms with Gasteiger partial charge in [0.15, 0.2) is 12.2 Å². The summed E-state index contributed by atoms with van der Waals surface area (Å²) in [6, 6.07) is 0. The molecule has 0 heterocycles. The van der Waals surface area contributed by atoms with Crippen LogP contribution in [-0.2, 0) is 65.4 Å². The summed E-state index contributed by atoms with van der Waals surface area (Å²) in [5, 5.41) is 10.6. The molecule has 0 fully saturated rings. The SMILES string of the molecule is CCCCCCCCCCCCCCCCCCCC(=O)OC[C@H](COP(=O)(O)OC[C@@H](O)COP(=O)(O)OC[C@@H](COC(=O)CCCCCCCCCCC)OC(=O)CCCCCCCCCCCC(C)C)OC(=O)CCCCCCCCCCCCCCCCC(C)C. The van der Waals surface area contributed by atoms with E-state index in [0.29, 0.717) is 25.7 Å². The molecule has 0 bridgehead atoms. The van der Waals surface area contributed by atoms with E-state index in [4.69, 9.17) is 37.0 Å². The summed E-state index contributed by atoms with van der Waals surface area (Å²) in [5.41, 5.74) is 0. The van der Waals surface area contributed by atoms with Crippen molar-refractivity contribution in [2.45, 2.75) is 413 Å². The summed E-state index contributed by atoms with van der Waals surface area (Å²) in [6.07, 6.45) is 55.5. The summed E-state index contributed by atoms with van der Waals surface area (Å²) < 4.78 is 68.5. The molecule has 0 aliphatic carbocycles. The number of esters is 4. The van der Waals surface area contributed by atoms with Crippen LogP contribution in [-0.4, -0.2) is 96.7 Å². The molecule has 19 heteroatoms. The van der Waals surface area contributed by atoms with Gasteiger partial charge in [0, 0.05) is 25.7 Å². The van der Waals surface area contributed by atoms with Crippen LogP contribution in [0.3, 0.4) is 0 Å². The van der Waals surface area contributed by atoms with Crippen LogP contribution in [0.1, 0.15) is 395 Å². The lowest BCUT2D eigenvalue weighted by molar-refractivity contribution is -0.161. The van der Waals surface area contributed by atoms with Crippen LogP contribution in [0.4, 0.5) is 0 Å². The lowest BCUT2D eigenvalue weighted by Gasteiger charge is -2.21. The van der Waals surface area contributed by atoms with Crippen LogP contribution in [0, 0.1) is 11.8 Å². The first-order valence-electron chi connectivity index (χ1n) is 39.5. The molecule has 0 radical (unpaired) electrons. The van der Waals surface area contributed by atoms with Crippen molar-refractivity contribution in [1.82, 2.24) is 0 Å². The molecule has 0 aromatic heterocycles. The number of unbranched alkanes of at least 4 members (excludes halogenated alkanes) is 45. The van der Waals surface area contributed by atoms with Gasteiger partial charge in [0.2, 0.25) is 0 Å². The maximum atomic E-state index is 13.1. The van der Waals surface area contributed by atoms with Crippen LogP contribution in [0.5, 0.6) is 0 Å². The Morgan fingerprint density at radius 1 is 0.284 bits per heavy atom. The molecule has 0 saturated carbocycles. The first kappa shape index (κ1) is 93.1. The van der Waals surface area contributed by atoms with Crippen molar-refractivity contribution >= 4 is 39.5 Å². The smallest absolute Gasteiger partial charge is 0.462 e. The van der Waals surface area contributed by atoms with Crippen LogP contribution < -0.4 is 0 Å². The van der Waals surface area contributed by atoms with Crippen LogP contribution >= 0.6 is 15.6 Å². The molecule has 0 spiro atoms. The lowest BCUT2D eigenvalue weighted by atomic mass is 10.0. The van der Waals surface area contributed by atoms with E-state index < -0.39 is 97.5 Å². The first-order valence-corrected chi connectivity index (χ1v) is 42.5. The second-order valence-electron chi connectivity index (χ2n) is 28.3. The minimum absolute atomic E-state index is 0.105. The minimum Gasteiger partial charge on any atom is -0.462 e. The van der Waals surface area contributed by atoms with E-state index in [9.17, 15) is 43.2 Å². The Bertz CT molecular complexity index is 1840. The molecule has 2 unspecified atom stereocenters. The average molecular weight is 1400 g/mol. The van der Waals surface area contributed by atoms with Gasteiger partial charge in [0.1, 0.15) is 19.3 Å². The quantitative estimate of drug-likeness (QED) is 0.0222. The zero-order valence-corrected chi connectivity index (χ0v) is 63.8. The van der Waals surface area contributed by atoms with Crippen molar-refractivity contribution < 1.29 is 80.2 Å². The standard InChI is InChI=1S/C76H148O17P2/c1-7-9-11-13-15-17-18-19-20-21-22-26-29-35-41-47-53-59-74(79)87-65-72(92-75(80)60-54-48-42-36-30-27-24-23-25-28-33-38-44-50-56-68(3)4)67-91-95(84,85)89-63-70(77)62-88-94(82,83)90-66-71(64-86-73(78)58-52-46-40-32-16-14-12-10-8-2)93-76(81)61-55-49-43-37-31-34-39-45-51-57-69(5)6/h68-72,77H,7-67H2,1-6H3,(H,82,83)(H,84,85)/t70-,71+,72+/m0/s1. The summed E-state index contributed by atoms with van der Waals surface area (Å²) in [4.78, 5) is 72.8. The number of aliphatic hydroxyl groups excluding tert-OH is 1. The van der Waals surface area contributed by atoms with E-state index in [1.54, 1.807) is 0 Å². The molecule has 0 aromatic carbocycles.